The molecule has 1 aliphatic rings. The van der Waals surface area contributed by atoms with Crippen molar-refractivity contribution in [2.75, 3.05) is 0 Å². The summed E-state index contributed by atoms with van der Waals surface area (Å²) in [5, 5.41) is 4.44. The molecule has 2 amide bonds. The van der Waals surface area contributed by atoms with Crippen LogP contribution in [0.4, 0.5) is 0 Å². The number of nitrogens with zero attached hydrogens (tertiary/aromatic N) is 1. The normalized spacial score (nSPS) is 14.5. The maximum Gasteiger partial charge on any atom is 0.243 e. The topological polar surface area (TPSA) is 49.4 Å². The molecule has 0 bridgehead atoms. The van der Waals surface area contributed by atoms with Gasteiger partial charge in [0, 0.05) is 29.1 Å². The van der Waals surface area contributed by atoms with E-state index in [0.717, 1.165) is 42.4 Å². The Morgan fingerprint density at radius 1 is 0.829 bits per heavy atom. The van der Waals surface area contributed by atoms with E-state index in [0.29, 0.717) is 23.0 Å². The van der Waals surface area contributed by atoms with Gasteiger partial charge < -0.3 is 10.2 Å². The summed E-state index contributed by atoms with van der Waals surface area (Å²) in [7, 11) is 0. The molecule has 0 aliphatic heterocycles. The lowest BCUT2D eigenvalue weighted by Crippen LogP contribution is -2.52. The number of amides is 2. The number of carbonyl (C=O) groups excluding carboxylic acids is 2. The first-order chi connectivity index (χ1) is 17.0. The fraction of sp³-hybridized carbons (Fsp3) is 0.310. The van der Waals surface area contributed by atoms with Crippen LogP contribution in [0.15, 0.2) is 78.9 Å². The van der Waals surface area contributed by atoms with Crippen LogP contribution in [0.2, 0.25) is 10.0 Å². The van der Waals surface area contributed by atoms with Gasteiger partial charge in [-0.15, -0.1) is 0 Å². The molecule has 6 heteroatoms. The van der Waals surface area contributed by atoms with Gasteiger partial charge in [-0.3, -0.25) is 9.59 Å². The third-order valence-corrected chi connectivity index (χ3v) is 6.97. The van der Waals surface area contributed by atoms with Crippen molar-refractivity contribution >= 4 is 35.0 Å². The van der Waals surface area contributed by atoms with Crippen LogP contribution < -0.4 is 5.32 Å². The SMILES string of the molecule is O=C(NC1CCCC1)[C@@H](Cc1ccccc1)N(Cc1ccc(Cl)cc1)C(=O)Cc1cccc(Cl)c1. The molecule has 1 fully saturated rings. The molecule has 0 unspecified atom stereocenters. The molecule has 3 aromatic carbocycles. The second-order valence-electron chi connectivity index (χ2n) is 9.15. The summed E-state index contributed by atoms with van der Waals surface area (Å²) in [4.78, 5) is 29.1. The molecule has 0 saturated heterocycles. The number of carbonyl (C=O) groups is 2. The van der Waals surface area contributed by atoms with E-state index in [1.807, 2.05) is 54.6 Å². The van der Waals surface area contributed by atoms with Gasteiger partial charge in [-0.25, -0.2) is 0 Å². The highest BCUT2D eigenvalue weighted by atomic mass is 35.5. The summed E-state index contributed by atoms with van der Waals surface area (Å²) in [6, 6.07) is 24.1. The molecular formula is C29H30Cl2N2O2. The van der Waals surface area contributed by atoms with E-state index in [2.05, 4.69) is 5.32 Å². The number of rotatable bonds is 9. The van der Waals surface area contributed by atoms with Gasteiger partial charge in [-0.05, 0) is 53.8 Å². The predicted octanol–water partition coefficient (Wildman–Crippen LogP) is 6.23. The van der Waals surface area contributed by atoms with Gasteiger partial charge in [-0.2, -0.15) is 0 Å². The smallest absolute Gasteiger partial charge is 0.243 e. The number of hydrogen-bond donors (Lipinski definition) is 1. The molecule has 35 heavy (non-hydrogen) atoms. The molecule has 4 nitrogen and oxygen atoms in total. The summed E-state index contributed by atoms with van der Waals surface area (Å²) >= 11 is 12.3. The third kappa shape index (κ3) is 7.33. The van der Waals surface area contributed by atoms with E-state index < -0.39 is 6.04 Å². The summed E-state index contributed by atoms with van der Waals surface area (Å²) in [5.74, 6) is -0.223. The number of benzene rings is 3. The van der Waals surface area contributed by atoms with Crippen molar-refractivity contribution in [2.45, 2.75) is 57.2 Å². The predicted molar refractivity (Wildman–Crippen MR) is 141 cm³/mol. The van der Waals surface area contributed by atoms with Crippen LogP contribution in [-0.4, -0.2) is 28.8 Å². The second-order valence-corrected chi connectivity index (χ2v) is 10.0. The van der Waals surface area contributed by atoms with Crippen molar-refractivity contribution in [2.24, 2.45) is 0 Å². The Bertz CT molecular complexity index is 1130. The van der Waals surface area contributed by atoms with Crippen molar-refractivity contribution in [3.8, 4) is 0 Å². The fourth-order valence-electron chi connectivity index (χ4n) is 4.63. The number of halogens is 2. The highest BCUT2D eigenvalue weighted by Crippen LogP contribution is 2.21. The van der Waals surface area contributed by atoms with Gasteiger partial charge in [0.05, 0.1) is 6.42 Å². The van der Waals surface area contributed by atoms with Gasteiger partial charge in [0.2, 0.25) is 11.8 Å². The molecule has 1 saturated carbocycles. The minimum absolute atomic E-state index is 0.103. The standard InChI is InChI=1S/C29H30Cl2N2O2/c30-24-15-13-22(14-16-24)20-33(28(34)19-23-9-6-10-25(31)17-23)27(18-21-7-2-1-3-8-21)29(35)32-26-11-4-5-12-26/h1-3,6-10,13-17,26-27H,4-5,11-12,18-20H2,(H,32,35)/t27-/m1/s1. The Morgan fingerprint density at radius 2 is 1.51 bits per heavy atom. The Hall–Kier alpha value is -2.82. The first-order valence-corrected chi connectivity index (χ1v) is 12.9. The van der Waals surface area contributed by atoms with Gasteiger partial charge in [0.15, 0.2) is 0 Å². The van der Waals surface area contributed by atoms with Crippen LogP contribution in [0.5, 0.6) is 0 Å². The zero-order valence-corrected chi connectivity index (χ0v) is 21.1. The summed E-state index contributed by atoms with van der Waals surface area (Å²) in [6.45, 7) is 0.312. The Morgan fingerprint density at radius 3 is 2.20 bits per heavy atom. The second kappa shape index (κ2) is 12.2. The lowest BCUT2D eigenvalue weighted by Gasteiger charge is -2.32. The average Bonchev–Trinajstić information content (AvgIpc) is 3.36. The lowest BCUT2D eigenvalue weighted by molar-refractivity contribution is -0.141. The molecule has 1 atom stereocenters. The number of hydrogen-bond acceptors (Lipinski definition) is 2. The largest absolute Gasteiger partial charge is 0.352 e. The van der Waals surface area contributed by atoms with Crippen molar-refractivity contribution in [1.82, 2.24) is 10.2 Å². The zero-order chi connectivity index (χ0) is 24.6. The maximum atomic E-state index is 13.7. The Labute approximate surface area is 217 Å². The molecule has 182 valence electrons. The minimum atomic E-state index is -0.639. The molecular weight excluding hydrogens is 479 g/mol. The first-order valence-electron chi connectivity index (χ1n) is 12.1. The molecule has 0 spiro atoms. The van der Waals surface area contributed by atoms with E-state index >= 15 is 0 Å². The van der Waals surface area contributed by atoms with Crippen LogP contribution in [-0.2, 0) is 29.0 Å². The van der Waals surface area contributed by atoms with Crippen molar-refractivity contribution in [1.29, 1.82) is 0 Å². The highest BCUT2D eigenvalue weighted by molar-refractivity contribution is 6.30. The lowest BCUT2D eigenvalue weighted by atomic mass is 10.0. The number of nitrogens with one attached hydrogen (secondary N) is 1. The van der Waals surface area contributed by atoms with Crippen LogP contribution in [0.25, 0.3) is 0 Å². The molecule has 0 radical (unpaired) electrons. The van der Waals surface area contributed by atoms with E-state index in [1.54, 1.807) is 29.2 Å². The molecule has 0 heterocycles. The van der Waals surface area contributed by atoms with E-state index in [-0.39, 0.29) is 24.3 Å². The van der Waals surface area contributed by atoms with E-state index in [4.69, 9.17) is 23.2 Å². The van der Waals surface area contributed by atoms with Crippen LogP contribution in [0, 0.1) is 0 Å². The average molecular weight is 509 g/mol. The highest BCUT2D eigenvalue weighted by Gasteiger charge is 2.32. The Kier molecular flexibility index (Phi) is 8.84. The summed E-state index contributed by atoms with van der Waals surface area (Å²) in [5.41, 5.74) is 2.74. The molecule has 4 rings (SSSR count). The maximum absolute atomic E-state index is 13.7. The van der Waals surface area contributed by atoms with Gasteiger partial charge in [-0.1, -0.05) is 90.6 Å². The molecule has 0 aromatic heterocycles. The summed E-state index contributed by atoms with van der Waals surface area (Å²) in [6.07, 6.45) is 4.81. The monoisotopic (exact) mass is 508 g/mol. The third-order valence-electron chi connectivity index (χ3n) is 6.48. The van der Waals surface area contributed by atoms with Crippen molar-refractivity contribution < 1.29 is 9.59 Å². The van der Waals surface area contributed by atoms with Crippen molar-refractivity contribution in [3.05, 3.63) is 106 Å². The zero-order valence-electron chi connectivity index (χ0n) is 19.6. The van der Waals surface area contributed by atoms with E-state index in [9.17, 15) is 9.59 Å². The molecule has 3 aromatic rings. The molecule has 1 aliphatic carbocycles. The summed E-state index contributed by atoms with van der Waals surface area (Å²) < 4.78 is 0. The van der Waals surface area contributed by atoms with Gasteiger partial charge >= 0.3 is 0 Å². The van der Waals surface area contributed by atoms with Gasteiger partial charge in [0.25, 0.3) is 0 Å². The quantitative estimate of drug-likeness (QED) is 0.372. The fourth-order valence-corrected chi connectivity index (χ4v) is 4.97. The van der Waals surface area contributed by atoms with Crippen LogP contribution in [0.1, 0.15) is 42.4 Å². The van der Waals surface area contributed by atoms with Gasteiger partial charge in [0.1, 0.15) is 6.04 Å². The van der Waals surface area contributed by atoms with Crippen LogP contribution >= 0.6 is 23.2 Å². The van der Waals surface area contributed by atoms with Crippen molar-refractivity contribution in [3.63, 3.8) is 0 Å². The van der Waals surface area contributed by atoms with E-state index in [1.165, 1.54) is 0 Å². The van der Waals surface area contributed by atoms with Crippen LogP contribution in [0.3, 0.4) is 0 Å². The molecule has 1 N–H and O–H groups in total. The minimum Gasteiger partial charge on any atom is -0.352 e. The Balaban J connectivity index is 1.65. The first kappa shape index (κ1) is 25.3.